The summed E-state index contributed by atoms with van der Waals surface area (Å²) >= 11 is 0. The SMILES string of the molecule is CCCNCc1cccc(N(CC)C2CCCC2)n1. The zero-order valence-electron chi connectivity index (χ0n) is 12.4. The molecule has 1 saturated carbocycles. The van der Waals surface area contributed by atoms with Crippen molar-refractivity contribution in [2.24, 2.45) is 0 Å². The fourth-order valence-electron chi connectivity index (χ4n) is 2.94. The minimum Gasteiger partial charge on any atom is -0.354 e. The van der Waals surface area contributed by atoms with Crippen LogP contribution in [0.4, 0.5) is 5.82 Å². The number of anilines is 1. The highest BCUT2D eigenvalue weighted by Gasteiger charge is 2.22. The zero-order chi connectivity index (χ0) is 13.5. The van der Waals surface area contributed by atoms with Gasteiger partial charge in [0.25, 0.3) is 0 Å². The van der Waals surface area contributed by atoms with Crippen LogP contribution >= 0.6 is 0 Å². The standard InChI is InChI=1S/C16H27N3/c1-3-12-17-13-14-8-7-11-16(18-14)19(4-2)15-9-5-6-10-15/h7-8,11,15,17H,3-6,9-10,12-13H2,1-2H3. The van der Waals surface area contributed by atoms with Crippen LogP contribution in [0, 0.1) is 0 Å². The molecule has 0 aliphatic heterocycles. The van der Waals surface area contributed by atoms with Gasteiger partial charge in [0.1, 0.15) is 5.82 Å². The molecule has 1 aromatic rings. The normalized spacial score (nSPS) is 15.9. The molecule has 0 amide bonds. The Morgan fingerprint density at radius 3 is 2.74 bits per heavy atom. The number of nitrogens with one attached hydrogen (secondary N) is 1. The van der Waals surface area contributed by atoms with Crippen LogP contribution in [-0.2, 0) is 6.54 Å². The molecule has 0 radical (unpaired) electrons. The first-order valence-electron chi connectivity index (χ1n) is 7.78. The Morgan fingerprint density at radius 2 is 2.05 bits per heavy atom. The molecule has 19 heavy (non-hydrogen) atoms. The smallest absolute Gasteiger partial charge is 0.129 e. The molecule has 1 heterocycles. The maximum Gasteiger partial charge on any atom is 0.129 e. The summed E-state index contributed by atoms with van der Waals surface area (Å²) in [6, 6.07) is 7.12. The minimum absolute atomic E-state index is 0.705. The lowest BCUT2D eigenvalue weighted by molar-refractivity contribution is 0.608. The van der Waals surface area contributed by atoms with Crippen molar-refractivity contribution in [3.05, 3.63) is 23.9 Å². The molecule has 2 rings (SSSR count). The predicted octanol–water partition coefficient (Wildman–Crippen LogP) is 3.35. The van der Waals surface area contributed by atoms with E-state index in [-0.39, 0.29) is 0 Å². The quantitative estimate of drug-likeness (QED) is 0.763. The summed E-state index contributed by atoms with van der Waals surface area (Å²) in [4.78, 5) is 7.31. The molecular weight excluding hydrogens is 234 g/mol. The van der Waals surface area contributed by atoms with Crippen LogP contribution in [0.2, 0.25) is 0 Å². The van der Waals surface area contributed by atoms with Gasteiger partial charge in [-0.3, -0.25) is 0 Å². The highest BCUT2D eigenvalue weighted by molar-refractivity contribution is 5.40. The molecule has 1 aliphatic rings. The summed E-state index contributed by atoms with van der Waals surface area (Å²) in [7, 11) is 0. The van der Waals surface area contributed by atoms with Crippen LogP contribution in [0.3, 0.4) is 0 Å². The van der Waals surface area contributed by atoms with Crippen molar-refractivity contribution in [1.82, 2.24) is 10.3 Å². The van der Waals surface area contributed by atoms with Gasteiger partial charge >= 0.3 is 0 Å². The molecule has 0 unspecified atom stereocenters. The van der Waals surface area contributed by atoms with E-state index in [0.29, 0.717) is 6.04 Å². The zero-order valence-corrected chi connectivity index (χ0v) is 12.4. The van der Waals surface area contributed by atoms with Gasteiger partial charge in [-0.1, -0.05) is 25.8 Å². The molecular formula is C16H27N3. The highest BCUT2D eigenvalue weighted by atomic mass is 15.2. The second-order valence-electron chi connectivity index (χ2n) is 5.39. The van der Waals surface area contributed by atoms with Crippen LogP contribution in [0.1, 0.15) is 51.6 Å². The molecule has 0 bridgehead atoms. The fraction of sp³-hybridized carbons (Fsp3) is 0.688. The molecule has 0 atom stereocenters. The molecule has 1 N–H and O–H groups in total. The third kappa shape index (κ3) is 3.93. The average molecular weight is 261 g/mol. The van der Waals surface area contributed by atoms with E-state index < -0.39 is 0 Å². The second kappa shape index (κ2) is 7.49. The number of nitrogens with zero attached hydrogens (tertiary/aromatic N) is 2. The first-order valence-corrected chi connectivity index (χ1v) is 7.78. The van der Waals surface area contributed by atoms with Gasteiger partial charge in [0.15, 0.2) is 0 Å². The van der Waals surface area contributed by atoms with E-state index in [1.165, 1.54) is 32.1 Å². The summed E-state index contributed by atoms with van der Waals surface area (Å²) in [5.74, 6) is 1.16. The molecule has 3 heteroatoms. The Morgan fingerprint density at radius 1 is 1.26 bits per heavy atom. The average Bonchev–Trinajstić information content (AvgIpc) is 2.94. The van der Waals surface area contributed by atoms with Crippen molar-refractivity contribution in [2.45, 2.75) is 58.5 Å². The van der Waals surface area contributed by atoms with E-state index in [1.807, 2.05) is 0 Å². The van der Waals surface area contributed by atoms with Gasteiger partial charge in [-0.05, 0) is 44.9 Å². The molecule has 1 aliphatic carbocycles. The molecule has 0 aromatic carbocycles. The highest BCUT2D eigenvalue weighted by Crippen LogP contribution is 2.26. The maximum atomic E-state index is 4.82. The number of pyridine rings is 1. The summed E-state index contributed by atoms with van der Waals surface area (Å²) in [5.41, 5.74) is 1.15. The van der Waals surface area contributed by atoms with E-state index in [9.17, 15) is 0 Å². The van der Waals surface area contributed by atoms with E-state index >= 15 is 0 Å². The van der Waals surface area contributed by atoms with Crippen molar-refractivity contribution in [3.63, 3.8) is 0 Å². The lowest BCUT2D eigenvalue weighted by Crippen LogP contribution is -2.33. The van der Waals surface area contributed by atoms with E-state index in [0.717, 1.165) is 31.1 Å². The van der Waals surface area contributed by atoms with Crippen LogP contribution in [-0.4, -0.2) is 24.1 Å². The van der Waals surface area contributed by atoms with E-state index in [4.69, 9.17) is 4.98 Å². The third-order valence-electron chi connectivity index (χ3n) is 3.93. The Bertz CT molecular complexity index is 372. The summed E-state index contributed by atoms with van der Waals surface area (Å²) in [6.07, 6.45) is 6.57. The predicted molar refractivity (Wildman–Crippen MR) is 81.5 cm³/mol. The van der Waals surface area contributed by atoms with Crippen molar-refractivity contribution in [3.8, 4) is 0 Å². The van der Waals surface area contributed by atoms with Gasteiger partial charge in [-0.25, -0.2) is 4.98 Å². The van der Waals surface area contributed by atoms with Gasteiger partial charge in [-0.15, -0.1) is 0 Å². The third-order valence-corrected chi connectivity index (χ3v) is 3.93. The lowest BCUT2D eigenvalue weighted by atomic mass is 10.2. The summed E-state index contributed by atoms with van der Waals surface area (Å²) in [6.45, 7) is 7.43. The Hall–Kier alpha value is -1.09. The number of hydrogen-bond acceptors (Lipinski definition) is 3. The maximum absolute atomic E-state index is 4.82. The van der Waals surface area contributed by atoms with Crippen molar-refractivity contribution < 1.29 is 0 Å². The van der Waals surface area contributed by atoms with Crippen LogP contribution in [0.15, 0.2) is 18.2 Å². The molecule has 0 spiro atoms. The van der Waals surface area contributed by atoms with Crippen LogP contribution < -0.4 is 10.2 Å². The minimum atomic E-state index is 0.705. The lowest BCUT2D eigenvalue weighted by Gasteiger charge is -2.29. The van der Waals surface area contributed by atoms with Gasteiger partial charge in [0.05, 0.1) is 5.69 Å². The molecule has 0 saturated heterocycles. The first-order chi connectivity index (χ1) is 9.35. The molecule has 1 fully saturated rings. The van der Waals surface area contributed by atoms with Crippen molar-refractivity contribution >= 4 is 5.82 Å². The number of rotatable bonds is 7. The molecule has 3 nitrogen and oxygen atoms in total. The fourth-order valence-corrected chi connectivity index (χ4v) is 2.94. The number of hydrogen-bond donors (Lipinski definition) is 1. The van der Waals surface area contributed by atoms with Gasteiger partial charge in [-0.2, -0.15) is 0 Å². The Balaban J connectivity index is 2.03. The van der Waals surface area contributed by atoms with Gasteiger partial charge < -0.3 is 10.2 Å². The van der Waals surface area contributed by atoms with Crippen LogP contribution in [0.25, 0.3) is 0 Å². The molecule has 1 aromatic heterocycles. The van der Waals surface area contributed by atoms with Crippen molar-refractivity contribution in [2.75, 3.05) is 18.0 Å². The summed E-state index contributed by atoms with van der Waals surface area (Å²) in [5, 5.41) is 3.42. The monoisotopic (exact) mass is 261 g/mol. The Kier molecular flexibility index (Phi) is 5.64. The largest absolute Gasteiger partial charge is 0.354 e. The summed E-state index contributed by atoms with van der Waals surface area (Å²) < 4.78 is 0. The Labute approximate surface area is 117 Å². The topological polar surface area (TPSA) is 28.2 Å². The van der Waals surface area contributed by atoms with Crippen LogP contribution in [0.5, 0.6) is 0 Å². The van der Waals surface area contributed by atoms with Gasteiger partial charge in [0.2, 0.25) is 0 Å². The van der Waals surface area contributed by atoms with Crippen molar-refractivity contribution in [1.29, 1.82) is 0 Å². The molecule has 106 valence electrons. The van der Waals surface area contributed by atoms with Gasteiger partial charge in [0, 0.05) is 19.1 Å². The second-order valence-corrected chi connectivity index (χ2v) is 5.39. The van der Waals surface area contributed by atoms with E-state index in [1.54, 1.807) is 0 Å². The van der Waals surface area contributed by atoms with E-state index in [2.05, 4.69) is 42.3 Å². The first kappa shape index (κ1) is 14.3. The number of aromatic nitrogens is 1.